The fourth-order valence-electron chi connectivity index (χ4n) is 0.600. The van der Waals surface area contributed by atoms with Gasteiger partial charge in [-0.3, -0.25) is 0 Å². The molecule has 0 saturated carbocycles. The van der Waals surface area contributed by atoms with E-state index in [1.54, 1.807) is 0 Å². The smallest absolute Gasteiger partial charge is 0.0233 e. The van der Waals surface area contributed by atoms with Gasteiger partial charge >= 0.3 is 0 Å². The molecular formula is C14H20. The molecule has 0 aromatic heterocycles. The zero-order valence-corrected chi connectivity index (χ0v) is 10.2. The Morgan fingerprint density at radius 2 is 0.929 bits per heavy atom. The highest BCUT2D eigenvalue weighted by atomic mass is 14.1. The van der Waals surface area contributed by atoms with Gasteiger partial charge in [0.25, 0.3) is 0 Å². The summed E-state index contributed by atoms with van der Waals surface area (Å²) in [6, 6.07) is 0. The Hall–Kier alpha value is -1.14. The van der Waals surface area contributed by atoms with Gasteiger partial charge in [0, 0.05) is 10.8 Å². The van der Waals surface area contributed by atoms with Crippen LogP contribution in [0.5, 0.6) is 0 Å². The maximum Gasteiger partial charge on any atom is 0.0233 e. The zero-order chi connectivity index (χ0) is 11.2. The number of allylic oxidation sites excluding steroid dienone is 2. The molecule has 0 aromatic rings. The van der Waals surface area contributed by atoms with E-state index in [-0.39, 0.29) is 10.8 Å². The topological polar surface area (TPSA) is 0 Å². The lowest BCUT2D eigenvalue weighted by molar-refractivity contribution is 0.570. The summed E-state index contributed by atoms with van der Waals surface area (Å²) in [5.74, 6) is 12.2. The summed E-state index contributed by atoms with van der Waals surface area (Å²) in [7, 11) is 0. The van der Waals surface area contributed by atoms with Crippen molar-refractivity contribution >= 4 is 0 Å². The van der Waals surface area contributed by atoms with Gasteiger partial charge in [-0.25, -0.2) is 0 Å². The Morgan fingerprint density at radius 3 is 1.14 bits per heavy atom. The van der Waals surface area contributed by atoms with Gasteiger partial charge in [-0.15, -0.1) is 0 Å². The summed E-state index contributed by atoms with van der Waals surface area (Å²) < 4.78 is 0. The molecule has 76 valence electrons. The second-order valence-corrected chi connectivity index (χ2v) is 5.37. The Kier molecular flexibility index (Phi) is 4.52. The number of hydrogen-bond donors (Lipinski definition) is 0. The van der Waals surface area contributed by atoms with Crippen molar-refractivity contribution in [2.75, 3.05) is 0 Å². The molecule has 0 heteroatoms. The molecule has 0 bridgehead atoms. The quantitative estimate of drug-likeness (QED) is 0.509. The Morgan fingerprint density at radius 1 is 0.643 bits per heavy atom. The maximum atomic E-state index is 3.11. The third-order valence-electron chi connectivity index (χ3n) is 1.14. The zero-order valence-electron chi connectivity index (χ0n) is 10.2. The van der Waals surface area contributed by atoms with Crippen molar-refractivity contribution in [3.63, 3.8) is 0 Å². The first kappa shape index (κ1) is 12.9. The molecule has 0 rings (SSSR count). The standard InChI is InChI=1S/C14H20/c1-13(2,3)11-9-7-8-10-12-14(4,5)6/h7-8H,1-6H3/b8-7+. The molecule has 0 radical (unpaired) electrons. The fraction of sp³-hybridized carbons (Fsp3) is 0.571. The highest BCUT2D eigenvalue weighted by molar-refractivity contribution is 5.27. The molecule has 0 heterocycles. The summed E-state index contributed by atoms with van der Waals surface area (Å²) in [5.41, 5.74) is 0.142. The second-order valence-electron chi connectivity index (χ2n) is 5.37. The lowest BCUT2D eigenvalue weighted by Crippen LogP contribution is -1.99. The molecule has 0 nitrogen and oxygen atoms in total. The van der Waals surface area contributed by atoms with Crippen LogP contribution in [-0.4, -0.2) is 0 Å². The van der Waals surface area contributed by atoms with Crippen molar-refractivity contribution in [1.29, 1.82) is 0 Å². The lowest BCUT2D eigenvalue weighted by atomic mass is 9.98. The van der Waals surface area contributed by atoms with Crippen molar-refractivity contribution in [1.82, 2.24) is 0 Å². The summed E-state index contributed by atoms with van der Waals surface area (Å²) in [6.07, 6.45) is 3.62. The molecule has 0 N–H and O–H groups in total. The Balaban J connectivity index is 4.20. The molecule has 0 aliphatic carbocycles. The molecule has 0 aromatic carbocycles. The van der Waals surface area contributed by atoms with E-state index in [4.69, 9.17) is 0 Å². The molecule has 14 heavy (non-hydrogen) atoms. The van der Waals surface area contributed by atoms with E-state index in [1.807, 2.05) is 12.2 Å². The third kappa shape index (κ3) is 10.9. The van der Waals surface area contributed by atoms with Gasteiger partial charge in [-0.2, -0.15) is 0 Å². The van der Waals surface area contributed by atoms with E-state index in [2.05, 4.69) is 65.2 Å². The van der Waals surface area contributed by atoms with Crippen LogP contribution in [0.2, 0.25) is 0 Å². The van der Waals surface area contributed by atoms with E-state index >= 15 is 0 Å². The average Bonchev–Trinajstić information content (AvgIpc) is 1.92. The molecule has 0 aliphatic rings. The number of hydrogen-bond acceptors (Lipinski definition) is 0. The lowest BCUT2D eigenvalue weighted by Gasteiger charge is -2.06. The second kappa shape index (κ2) is 4.92. The minimum atomic E-state index is 0.0712. The molecule has 0 aliphatic heterocycles. The van der Waals surface area contributed by atoms with Gasteiger partial charge in [-0.1, -0.05) is 23.7 Å². The first-order valence-corrected chi connectivity index (χ1v) is 4.91. The van der Waals surface area contributed by atoms with Gasteiger partial charge in [0.2, 0.25) is 0 Å². The molecule has 0 saturated heterocycles. The predicted molar refractivity (Wildman–Crippen MR) is 63.6 cm³/mol. The van der Waals surface area contributed by atoms with Gasteiger partial charge in [-0.05, 0) is 53.7 Å². The predicted octanol–water partition coefficient (Wildman–Crippen LogP) is 3.64. The van der Waals surface area contributed by atoms with Crippen LogP contribution in [0, 0.1) is 34.5 Å². The van der Waals surface area contributed by atoms with Crippen LogP contribution in [0.3, 0.4) is 0 Å². The van der Waals surface area contributed by atoms with E-state index in [0.29, 0.717) is 0 Å². The number of rotatable bonds is 0. The molecule has 0 amide bonds. The molecular weight excluding hydrogens is 168 g/mol. The van der Waals surface area contributed by atoms with Gasteiger partial charge in [0.1, 0.15) is 0 Å². The molecule has 0 fully saturated rings. The van der Waals surface area contributed by atoms with Crippen LogP contribution in [-0.2, 0) is 0 Å². The fourth-order valence-corrected chi connectivity index (χ4v) is 0.600. The van der Waals surface area contributed by atoms with Crippen LogP contribution in [0.4, 0.5) is 0 Å². The average molecular weight is 188 g/mol. The summed E-state index contributed by atoms with van der Waals surface area (Å²) in [4.78, 5) is 0. The molecule has 0 unspecified atom stereocenters. The highest BCUT2D eigenvalue weighted by Gasteiger charge is 2.02. The largest absolute Gasteiger partial charge is 0.0926 e. The van der Waals surface area contributed by atoms with Crippen molar-refractivity contribution in [2.45, 2.75) is 41.5 Å². The summed E-state index contributed by atoms with van der Waals surface area (Å²) >= 11 is 0. The molecule has 0 atom stereocenters. The van der Waals surface area contributed by atoms with E-state index in [0.717, 1.165) is 0 Å². The van der Waals surface area contributed by atoms with Crippen LogP contribution in [0.25, 0.3) is 0 Å². The maximum absolute atomic E-state index is 3.11. The van der Waals surface area contributed by atoms with Crippen molar-refractivity contribution in [2.24, 2.45) is 10.8 Å². The van der Waals surface area contributed by atoms with E-state index in [9.17, 15) is 0 Å². The van der Waals surface area contributed by atoms with Crippen LogP contribution in [0.1, 0.15) is 41.5 Å². The van der Waals surface area contributed by atoms with Crippen LogP contribution >= 0.6 is 0 Å². The first-order valence-electron chi connectivity index (χ1n) is 4.91. The third-order valence-corrected chi connectivity index (χ3v) is 1.14. The summed E-state index contributed by atoms with van der Waals surface area (Å²) in [6.45, 7) is 12.6. The summed E-state index contributed by atoms with van der Waals surface area (Å²) in [5, 5.41) is 0. The van der Waals surface area contributed by atoms with E-state index < -0.39 is 0 Å². The first-order chi connectivity index (χ1) is 6.21. The van der Waals surface area contributed by atoms with Gasteiger partial charge in [0.05, 0.1) is 0 Å². The van der Waals surface area contributed by atoms with Gasteiger partial charge < -0.3 is 0 Å². The highest BCUT2D eigenvalue weighted by Crippen LogP contribution is 2.10. The van der Waals surface area contributed by atoms with Crippen molar-refractivity contribution < 1.29 is 0 Å². The monoisotopic (exact) mass is 188 g/mol. The van der Waals surface area contributed by atoms with Crippen LogP contribution < -0.4 is 0 Å². The van der Waals surface area contributed by atoms with Gasteiger partial charge in [0.15, 0.2) is 0 Å². The van der Waals surface area contributed by atoms with Crippen molar-refractivity contribution in [3.05, 3.63) is 12.2 Å². The Bertz CT molecular complexity index is 274. The SMILES string of the molecule is CC(C)(C)C#C/C=C/C#CC(C)(C)C. The van der Waals surface area contributed by atoms with E-state index in [1.165, 1.54) is 0 Å². The van der Waals surface area contributed by atoms with Crippen LogP contribution in [0.15, 0.2) is 12.2 Å². The minimum absolute atomic E-state index is 0.0712. The normalized spacial score (nSPS) is 11.6. The minimum Gasteiger partial charge on any atom is -0.0926 e. The molecule has 0 spiro atoms. The Labute approximate surface area is 88.8 Å². The van der Waals surface area contributed by atoms with Crippen molar-refractivity contribution in [3.8, 4) is 23.7 Å².